The molecule has 0 aliphatic carbocycles. The summed E-state index contributed by atoms with van der Waals surface area (Å²) in [6.07, 6.45) is 0. The van der Waals surface area contributed by atoms with Gasteiger partial charge in [-0.2, -0.15) is 0 Å². The Balaban J connectivity index is 0.000000203. The first-order chi connectivity index (χ1) is 11.2. The van der Waals surface area contributed by atoms with Gasteiger partial charge in [-0.15, -0.1) is 0 Å². The van der Waals surface area contributed by atoms with Crippen molar-refractivity contribution in [3.63, 3.8) is 0 Å². The number of phenols is 1. The van der Waals surface area contributed by atoms with Crippen molar-refractivity contribution < 1.29 is 9.84 Å². The van der Waals surface area contributed by atoms with E-state index in [-0.39, 0.29) is 0 Å². The highest BCUT2D eigenvalue weighted by Gasteiger charge is 1.93. The van der Waals surface area contributed by atoms with E-state index in [1.807, 2.05) is 36.4 Å². The summed E-state index contributed by atoms with van der Waals surface area (Å²) in [5, 5.41) is 8.74. The van der Waals surface area contributed by atoms with Crippen LogP contribution in [-0.2, 0) is 18.0 Å². The SMILES string of the molecule is Oc1ccc(Br)cc1.c1ccc(COCc2ccccc2)cc1. The fourth-order valence-corrected chi connectivity index (χ4v) is 2.14. The van der Waals surface area contributed by atoms with Gasteiger partial charge in [0.05, 0.1) is 13.2 Å². The van der Waals surface area contributed by atoms with Crippen molar-refractivity contribution in [2.45, 2.75) is 13.2 Å². The summed E-state index contributed by atoms with van der Waals surface area (Å²) in [5.41, 5.74) is 2.43. The molecule has 0 amide bonds. The predicted octanol–water partition coefficient (Wildman–Crippen LogP) is 5.56. The molecule has 0 aliphatic heterocycles. The molecule has 0 saturated carbocycles. The van der Waals surface area contributed by atoms with E-state index in [1.54, 1.807) is 24.3 Å². The highest BCUT2D eigenvalue weighted by molar-refractivity contribution is 9.10. The molecule has 0 unspecified atom stereocenters. The van der Waals surface area contributed by atoms with Crippen LogP contribution in [0.1, 0.15) is 11.1 Å². The Morgan fingerprint density at radius 2 is 1.09 bits per heavy atom. The maximum Gasteiger partial charge on any atom is 0.115 e. The molecule has 0 aromatic heterocycles. The van der Waals surface area contributed by atoms with Crippen LogP contribution in [0.3, 0.4) is 0 Å². The highest BCUT2D eigenvalue weighted by atomic mass is 79.9. The van der Waals surface area contributed by atoms with Crippen LogP contribution in [0.5, 0.6) is 5.75 Å². The van der Waals surface area contributed by atoms with E-state index in [9.17, 15) is 0 Å². The number of benzene rings is 3. The summed E-state index contributed by atoms with van der Waals surface area (Å²) in [6.45, 7) is 1.35. The van der Waals surface area contributed by atoms with Gasteiger partial charge < -0.3 is 9.84 Å². The van der Waals surface area contributed by atoms with E-state index in [0.29, 0.717) is 19.0 Å². The molecule has 23 heavy (non-hydrogen) atoms. The van der Waals surface area contributed by atoms with Crippen LogP contribution in [-0.4, -0.2) is 5.11 Å². The smallest absolute Gasteiger partial charge is 0.115 e. The van der Waals surface area contributed by atoms with E-state index >= 15 is 0 Å². The van der Waals surface area contributed by atoms with E-state index in [0.717, 1.165) is 4.47 Å². The first-order valence-electron chi connectivity index (χ1n) is 7.34. The first kappa shape index (κ1) is 17.3. The zero-order valence-electron chi connectivity index (χ0n) is 12.7. The molecule has 1 N–H and O–H groups in total. The lowest BCUT2D eigenvalue weighted by Crippen LogP contribution is -1.93. The van der Waals surface area contributed by atoms with Crippen molar-refractivity contribution in [1.82, 2.24) is 0 Å². The average Bonchev–Trinajstić information content (AvgIpc) is 2.60. The number of ether oxygens (including phenoxy) is 1. The van der Waals surface area contributed by atoms with E-state index in [1.165, 1.54) is 11.1 Å². The second-order valence-corrected chi connectivity index (χ2v) is 5.86. The Morgan fingerprint density at radius 3 is 1.48 bits per heavy atom. The van der Waals surface area contributed by atoms with E-state index < -0.39 is 0 Å². The van der Waals surface area contributed by atoms with Crippen molar-refractivity contribution in [2.24, 2.45) is 0 Å². The molecule has 2 nitrogen and oxygen atoms in total. The van der Waals surface area contributed by atoms with Crippen molar-refractivity contribution in [1.29, 1.82) is 0 Å². The Morgan fingerprint density at radius 1 is 0.652 bits per heavy atom. The summed E-state index contributed by atoms with van der Waals surface area (Å²) in [6, 6.07) is 27.3. The van der Waals surface area contributed by atoms with Crippen molar-refractivity contribution in [3.8, 4) is 5.75 Å². The summed E-state index contributed by atoms with van der Waals surface area (Å²) < 4.78 is 6.59. The van der Waals surface area contributed by atoms with E-state index in [2.05, 4.69) is 40.2 Å². The monoisotopic (exact) mass is 370 g/mol. The Hall–Kier alpha value is -2.10. The molecule has 3 aromatic rings. The quantitative estimate of drug-likeness (QED) is 0.651. The molecule has 0 atom stereocenters. The predicted molar refractivity (Wildman–Crippen MR) is 97.2 cm³/mol. The first-order valence-corrected chi connectivity index (χ1v) is 8.13. The van der Waals surface area contributed by atoms with Crippen LogP contribution in [0.15, 0.2) is 89.4 Å². The fraction of sp³-hybridized carbons (Fsp3) is 0.100. The Bertz CT molecular complexity index is 607. The molecule has 3 heteroatoms. The van der Waals surface area contributed by atoms with Gasteiger partial charge in [-0.25, -0.2) is 0 Å². The van der Waals surface area contributed by atoms with Crippen LogP contribution in [0, 0.1) is 0 Å². The summed E-state index contributed by atoms with van der Waals surface area (Å²) >= 11 is 3.23. The second-order valence-electron chi connectivity index (χ2n) is 4.94. The number of rotatable bonds is 4. The maximum absolute atomic E-state index is 8.74. The zero-order valence-corrected chi connectivity index (χ0v) is 14.3. The third-order valence-electron chi connectivity index (χ3n) is 3.05. The number of halogens is 1. The number of aromatic hydroxyl groups is 1. The molecule has 3 rings (SSSR count). The Labute approximate surface area is 145 Å². The zero-order chi connectivity index (χ0) is 16.3. The van der Waals surface area contributed by atoms with Gasteiger partial charge in [0, 0.05) is 4.47 Å². The van der Waals surface area contributed by atoms with E-state index in [4.69, 9.17) is 9.84 Å². The average molecular weight is 371 g/mol. The number of phenolic OH excluding ortho intramolecular Hbond substituents is 1. The minimum Gasteiger partial charge on any atom is -0.508 e. The molecule has 0 radical (unpaired) electrons. The summed E-state index contributed by atoms with van der Waals surface area (Å²) in [7, 11) is 0. The molecule has 3 aromatic carbocycles. The standard InChI is InChI=1S/C14H14O.C6H5BrO/c1-3-7-13(8-4-1)11-15-12-14-9-5-2-6-10-14;7-5-1-3-6(8)4-2-5/h1-10H,11-12H2;1-4,8H. The van der Waals surface area contributed by atoms with Gasteiger partial charge in [0.15, 0.2) is 0 Å². The highest BCUT2D eigenvalue weighted by Crippen LogP contribution is 2.13. The number of hydrogen-bond acceptors (Lipinski definition) is 2. The van der Waals surface area contributed by atoms with Gasteiger partial charge in [0.2, 0.25) is 0 Å². The largest absolute Gasteiger partial charge is 0.508 e. The molecule has 118 valence electrons. The van der Waals surface area contributed by atoms with Crippen LogP contribution in [0.25, 0.3) is 0 Å². The van der Waals surface area contributed by atoms with Crippen LogP contribution in [0.2, 0.25) is 0 Å². The van der Waals surface area contributed by atoms with Gasteiger partial charge in [-0.05, 0) is 35.4 Å². The Kier molecular flexibility index (Phi) is 7.37. The fourth-order valence-electron chi connectivity index (χ4n) is 1.88. The topological polar surface area (TPSA) is 29.5 Å². The van der Waals surface area contributed by atoms with Gasteiger partial charge in [0.25, 0.3) is 0 Å². The van der Waals surface area contributed by atoms with Crippen molar-refractivity contribution >= 4 is 15.9 Å². The lowest BCUT2D eigenvalue weighted by molar-refractivity contribution is 0.107. The van der Waals surface area contributed by atoms with Gasteiger partial charge in [-0.1, -0.05) is 76.6 Å². The normalized spacial score (nSPS) is 9.78. The molecule has 0 aliphatic rings. The second kappa shape index (κ2) is 9.82. The van der Waals surface area contributed by atoms with Crippen LogP contribution < -0.4 is 0 Å². The lowest BCUT2D eigenvalue weighted by Gasteiger charge is -2.03. The molecule has 0 heterocycles. The molecular weight excluding hydrogens is 352 g/mol. The summed E-state index contributed by atoms with van der Waals surface area (Å²) in [4.78, 5) is 0. The third kappa shape index (κ3) is 7.13. The van der Waals surface area contributed by atoms with Gasteiger partial charge in [0.1, 0.15) is 5.75 Å². The van der Waals surface area contributed by atoms with Crippen LogP contribution >= 0.6 is 15.9 Å². The van der Waals surface area contributed by atoms with Crippen molar-refractivity contribution in [2.75, 3.05) is 0 Å². The molecule has 0 spiro atoms. The third-order valence-corrected chi connectivity index (χ3v) is 3.58. The molecular formula is C20H19BrO2. The summed E-state index contributed by atoms with van der Waals surface area (Å²) in [5.74, 6) is 0.299. The molecule has 0 bridgehead atoms. The van der Waals surface area contributed by atoms with Crippen LogP contribution in [0.4, 0.5) is 0 Å². The number of hydrogen-bond donors (Lipinski definition) is 1. The molecule has 0 fully saturated rings. The lowest BCUT2D eigenvalue weighted by atomic mass is 10.2. The minimum absolute atomic E-state index is 0.299. The molecule has 0 saturated heterocycles. The minimum atomic E-state index is 0.299. The van der Waals surface area contributed by atoms with Gasteiger partial charge in [-0.3, -0.25) is 0 Å². The van der Waals surface area contributed by atoms with Crippen molar-refractivity contribution in [3.05, 3.63) is 101 Å². The van der Waals surface area contributed by atoms with Gasteiger partial charge >= 0.3 is 0 Å². The maximum atomic E-state index is 8.74.